The highest BCUT2D eigenvalue weighted by Crippen LogP contribution is 2.42. The molecular formula is C29H20Cl2N4OS. The van der Waals surface area contributed by atoms with Crippen LogP contribution in [0.2, 0.25) is 10.0 Å². The summed E-state index contributed by atoms with van der Waals surface area (Å²) >= 11 is 13.8. The van der Waals surface area contributed by atoms with Gasteiger partial charge in [-0.25, -0.2) is 4.98 Å². The van der Waals surface area contributed by atoms with E-state index in [2.05, 4.69) is 10.3 Å². The predicted molar refractivity (Wildman–Crippen MR) is 153 cm³/mol. The highest BCUT2D eigenvalue weighted by Gasteiger charge is 2.44. The molecule has 0 saturated carbocycles. The number of aromatic nitrogens is 1. The third-order valence-corrected chi connectivity index (χ3v) is 7.72. The first-order valence-electron chi connectivity index (χ1n) is 11.7. The first-order valence-corrected chi connectivity index (χ1v) is 13.2. The minimum Gasteiger partial charge on any atom is -0.301 e. The molecule has 0 radical (unpaired) electrons. The summed E-state index contributed by atoms with van der Waals surface area (Å²) in [5.41, 5.74) is 4.13. The average molecular weight is 543 g/mol. The molecule has 0 fully saturated rings. The van der Waals surface area contributed by atoms with Gasteiger partial charge in [-0.05, 0) is 59.7 Å². The van der Waals surface area contributed by atoms with Crippen LogP contribution in [-0.4, -0.2) is 16.6 Å². The Kier molecular flexibility index (Phi) is 6.38. The predicted octanol–water partition coefficient (Wildman–Crippen LogP) is 7.82. The van der Waals surface area contributed by atoms with Crippen LogP contribution < -0.4 is 10.3 Å². The highest BCUT2D eigenvalue weighted by atomic mass is 35.5. The van der Waals surface area contributed by atoms with Crippen molar-refractivity contribution < 1.29 is 4.79 Å². The molecule has 0 bridgehead atoms. The minimum absolute atomic E-state index is 0.189. The molecule has 4 aromatic carbocycles. The molecule has 1 aliphatic rings. The molecule has 5 aromatic rings. The molecule has 1 N–H and O–H groups in total. The van der Waals surface area contributed by atoms with Crippen LogP contribution >= 0.6 is 34.5 Å². The number of halogens is 2. The van der Waals surface area contributed by atoms with Crippen LogP contribution in [0.25, 0.3) is 10.2 Å². The number of anilines is 2. The molecular weight excluding hydrogens is 523 g/mol. The van der Waals surface area contributed by atoms with Crippen molar-refractivity contribution in [3.8, 4) is 0 Å². The first-order chi connectivity index (χ1) is 18.1. The fraction of sp³-hybridized carbons (Fsp3) is 0.0690. The van der Waals surface area contributed by atoms with Gasteiger partial charge in [0, 0.05) is 10.0 Å². The van der Waals surface area contributed by atoms with Crippen molar-refractivity contribution in [3.05, 3.63) is 124 Å². The number of benzene rings is 4. The van der Waals surface area contributed by atoms with E-state index < -0.39 is 12.0 Å². The van der Waals surface area contributed by atoms with Gasteiger partial charge in [-0.15, -0.1) is 0 Å². The lowest BCUT2D eigenvalue weighted by Crippen LogP contribution is -2.35. The lowest BCUT2D eigenvalue weighted by molar-refractivity contribution is -0.118. The SMILES string of the molecule is O=C(Nc1nc2ccccc2s1)C1C(c2ccc(Cl)cc2)=NN(c2ccccc2)C1c1ccc(Cl)cc1. The van der Waals surface area contributed by atoms with Crippen LogP contribution in [0.5, 0.6) is 0 Å². The Morgan fingerprint density at radius 2 is 1.46 bits per heavy atom. The van der Waals surface area contributed by atoms with Gasteiger partial charge in [0.1, 0.15) is 5.92 Å². The van der Waals surface area contributed by atoms with Gasteiger partial charge in [0.15, 0.2) is 5.13 Å². The summed E-state index contributed by atoms with van der Waals surface area (Å²) in [4.78, 5) is 18.7. The van der Waals surface area contributed by atoms with E-state index in [9.17, 15) is 4.79 Å². The second kappa shape index (κ2) is 9.98. The Morgan fingerprint density at radius 3 is 2.16 bits per heavy atom. The Hall–Kier alpha value is -3.71. The molecule has 0 spiro atoms. The van der Waals surface area contributed by atoms with Crippen molar-refractivity contribution in [2.75, 3.05) is 10.3 Å². The molecule has 2 heterocycles. The van der Waals surface area contributed by atoms with Crippen molar-refractivity contribution in [2.45, 2.75) is 6.04 Å². The molecule has 37 heavy (non-hydrogen) atoms. The third kappa shape index (κ3) is 4.71. The molecule has 8 heteroatoms. The number of carbonyl (C=O) groups is 1. The molecule has 1 aromatic heterocycles. The second-order valence-electron chi connectivity index (χ2n) is 8.62. The number of carbonyl (C=O) groups excluding carboxylic acids is 1. The number of thiazole rings is 1. The van der Waals surface area contributed by atoms with Crippen molar-refractivity contribution >= 4 is 67.2 Å². The standard InChI is InChI=1S/C29H20Cl2N4OS/c30-20-14-10-18(11-15-20)26-25(28(36)33-29-32-23-8-4-5-9-24(23)37-29)27(19-12-16-21(31)17-13-19)35(34-26)22-6-2-1-3-7-22/h1-17,25,27H,(H,32,33,36). The van der Waals surface area contributed by atoms with Gasteiger partial charge in [-0.3, -0.25) is 9.80 Å². The summed E-state index contributed by atoms with van der Waals surface area (Å²) in [5.74, 6) is -0.819. The number of nitrogens with one attached hydrogen (secondary N) is 1. The summed E-state index contributed by atoms with van der Waals surface area (Å²) in [5, 5.41) is 11.8. The molecule has 182 valence electrons. The zero-order chi connectivity index (χ0) is 25.4. The Bertz CT molecular complexity index is 1570. The maximum atomic E-state index is 14.1. The third-order valence-electron chi connectivity index (χ3n) is 6.27. The van der Waals surface area contributed by atoms with E-state index in [-0.39, 0.29) is 5.91 Å². The molecule has 5 nitrogen and oxygen atoms in total. The molecule has 2 unspecified atom stereocenters. The maximum Gasteiger partial charge on any atom is 0.237 e. The van der Waals surface area contributed by atoms with Crippen LogP contribution in [0, 0.1) is 5.92 Å². The highest BCUT2D eigenvalue weighted by molar-refractivity contribution is 7.22. The van der Waals surface area contributed by atoms with Gasteiger partial charge in [-0.2, -0.15) is 5.10 Å². The van der Waals surface area contributed by atoms with Crippen molar-refractivity contribution in [1.82, 2.24) is 4.98 Å². The summed E-state index contributed by atoms with van der Waals surface area (Å²) in [6.45, 7) is 0. The number of hydrogen-bond donors (Lipinski definition) is 1. The monoisotopic (exact) mass is 542 g/mol. The van der Waals surface area contributed by atoms with E-state index in [4.69, 9.17) is 28.3 Å². The Morgan fingerprint density at radius 1 is 0.811 bits per heavy atom. The summed E-state index contributed by atoms with van der Waals surface area (Å²) < 4.78 is 1.01. The summed E-state index contributed by atoms with van der Waals surface area (Å²) in [6, 6.07) is 32.2. The van der Waals surface area contributed by atoms with Crippen molar-refractivity contribution in [1.29, 1.82) is 0 Å². The van der Waals surface area contributed by atoms with E-state index in [1.807, 2.05) is 108 Å². The van der Waals surface area contributed by atoms with Gasteiger partial charge >= 0.3 is 0 Å². The fourth-order valence-corrected chi connectivity index (χ4v) is 5.68. The van der Waals surface area contributed by atoms with Crippen LogP contribution in [0.3, 0.4) is 0 Å². The quantitative estimate of drug-likeness (QED) is 0.246. The second-order valence-corrected chi connectivity index (χ2v) is 10.5. The normalized spacial score (nSPS) is 17.1. The van der Waals surface area contributed by atoms with E-state index >= 15 is 0 Å². The van der Waals surface area contributed by atoms with Gasteiger partial charge in [0.2, 0.25) is 5.91 Å². The molecule has 0 saturated heterocycles. The first kappa shape index (κ1) is 23.7. The number of nitrogens with zero attached hydrogens (tertiary/aromatic N) is 3. The summed E-state index contributed by atoms with van der Waals surface area (Å²) in [6.07, 6.45) is 0. The van der Waals surface area contributed by atoms with Gasteiger partial charge in [-0.1, -0.05) is 89.1 Å². The maximum absolute atomic E-state index is 14.1. The molecule has 1 aliphatic heterocycles. The van der Waals surface area contributed by atoms with E-state index in [1.165, 1.54) is 11.3 Å². The van der Waals surface area contributed by atoms with Crippen LogP contribution in [0.1, 0.15) is 17.2 Å². The van der Waals surface area contributed by atoms with Crippen LogP contribution in [0.4, 0.5) is 10.8 Å². The smallest absolute Gasteiger partial charge is 0.237 e. The lowest BCUT2D eigenvalue weighted by atomic mass is 9.86. The van der Waals surface area contributed by atoms with Gasteiger partial charge in [0.05, 0.1) is 27.7 Å². The lowest BCUT2D eigenvalue weighted by Gasteiger charge is -2.28. The number of para-hydroxylation sites is 2. The van der Waals surface area contributed by atoms with Crippen LogP contribution in [0.15, 0.2) is 108 Å². The summed E-state index contributed by atoms with van der Waals surface area (Å²) in [7, 11) is 0. The van der Waals surface area contributed by atoms with Crippen molar-refractivity contribution in [2.24, 2.45) is 11.0 Å². The Labute approximate surface area is 228 Å². The molecule has 0 aliphatic carbocycles. The van der Waals surface area contributed by atoms with Gasteiger partial charge in [0.25, 0.3) is 0 Å². The van der Waals surface area contributed by atoms with E-state index in [0.29, 0.717) is 20.9 Å². The van der Waals surface area contributed by atoms with Crippen LogP contribution in [-0.2, 0) is 4.79 Å². The number of hydrazone groups is 1. The number of rotatable bonds is 5. The molecule has 6 rings (SSSR count). The molecule has 2 atom stereocenters. The fourth-order valence-electron chi connectivity index (χ4n) is 4.56. The number of hydrogen-bond acceptors (Lipinski definition) is 5. The average Bonchev–Trinajstić information content (AvgIpc) is 3.52. The number of fused-ring (bicyclic) bond motifs is 1. The van der Waals surface area contributed by atoms with E-state index in [1.54, 1.807) is 0 Å². The largest absolute Gasteiger partial charge is 0.301 e. The minimum atomic E-state index is -0.630. The zero-order valence-corrected chi connectivity index (χ0v) is 21.7. The Balaban J connectivity index is 1.47. The van der Waals surface area contributed by atoms with Gasteiger partial charge < -0.3 is 5.32 Å². The number of amides is 1. The topological polar surface area (TPSA) is 57.6 Å². The molecule has 1 amide bonds. The van der Waals surface area contributed by atoms with E-state index in [0.717, 1.165) is 27.0 Å². The zero-order valence-electron chi connectivity index (χ0n) is 19.4. The van der Waals surface area contributed by atoms with Crippen molar-refractivity contribution in [3.63, 3.8) is 0 Å².